The Labute approximate surface area is 132 Å². The van der Waals surface area contributed by atoms with Crippen LogP contribution in [-0.2, 0) is 9.59 Å². The quantitative estimate of drug-likeness (QED) is 0.620. The number of amides is 2. The number of imide groups is 1. The molecule has 1 aromatic carbocycles. The van der Waals surface area contributed by atoms with E-state index < -0.39 is 0 Å². The fourth-order valence-electron chi connectivity index (χ4n) is 2.65. The van der Waals surface area contributed by atoms with Crippen molar-refractivity contribution in [2.75, 3.05) is 6.61 Å². The standard InChI is InChI=1S/C18H25NO3/c1-13(2)5-3-4-12-22-15-8-6-14(7-9-15)16-10-11-17(20)19-18(16)21/h6-9,13,16H,3-5,10-12H2,1-2H3,(H,19,20,21). The summed E-state index contributed by atoms with van der Waals surface area (Å²) in [5.74, 6) is 0.979. The highest BCUT2D eigenvalue weighted by Gasteiger charge is 2.27. The van der Waals surface area contributed by atoms with Gasteiger partial charge >= 0.3 is 0 Å². The van der Waals surface area contributed by atoms with Crippen LogP contribution in [0, 0.1) is 5.92 Å². The van der Waals surface area contributed by atoms with Gasteiger partial charge < -0.3 is 4.74 Å². The summed E-state index contributed by atoms with van der Waals surface area (Å²) in [4.78, 5) is 23.0. The molecule has 0 bridgehead atoms. The number of carbonyl (C=O) groups excluding carboxylic acids is 2. The van der Waals surface area contributed by atoms with Crippen molar-refractivity contribution in [3.63, 3.8) is 0 Å². The van der Waals surface area contributed by atoms with Gasteiger partial charge in [-0.15, -0.1) is 0 Å². The zero-order chi connectivity index (χ0) is 15.9. The highest BCUT2D eigenvalue weighted by atomic mass is 16.5. The van der Waals surface area contributed by atoms with E-state index in [1.807, 2.05) is 24.3 Å². The molecule has 0 aromatic heterocycles. The Hall–Kier alpha value is -1.84. The second-order valence-corrected chi connectivity index (χ2v) is 6.31. The van der Waals surface area contributed by atoms with Gasteiger partial charge in [0, 0.05) is 6.42 Å². The van der Waals surface area contributed by atoms with Crippen LogP contribution in [0.4, 0.5) is 0 Å². The van der Waals surface area contributed by atoms with Crippen molar-refractivity contribution in [1.29, 1.82) is 0 Å². The fourth-order valence-corrected chi connectivity index (χ4v) is 2.65. The van der Waals surface area contributed by atoms with Crippen LogP contribution in [-0.4, -0.2) is 18.4 Å². The average Bonchev–Trinajstić information content (AvgIpc) is 2.47. The number of unbranched alkanes of at least 4 members (excludes halogenated alkanes) is 1. The number of piperidine rings is 1. The first-order chi connectivity index (χ1) is 10.6. The molecule has 1 saturated heterocycles. The Morgan fingerprint density at radius 2 is 1.91 bits per heavy atom. The van der Waals surface area contributed by atoms with Gasteiger partial charge in [0.05, 0.1) is 12.5 Å². The molecule has 4 heteroatoms. The molecule has 1 aliphatic heterocycles. The third-order valence-corrected chi connectivity index (χ3v) is 3.97. The van der Waals surface area contributed by atoms with E-state index in [1.165, 1.54) is 12.8 Å². The van der Waals surface area contributed by atoms with Gasteiger partial charge in [0.1, 0.15) is 5.75 Å². The van der Waals surface area contributed by atoms with Gasteiger partial charge in [-0.2, -0.15) is 0 Å². The molecule has 0 radical (unpaired) electrons. The van der Waals surface area contributed by atoms with Crippen LogP contribution >= 0.6 is 0 Å². The SMILES string of the molecule is CC(C)CCCCOc1ccc(C2CCC(=O)NC2=O)cc1. The third kappa shape index (κ3) is 4.86. The maximum atomic E-state index is 11.8. The van der Waals surface area contributed by atoms with Crippen molar-refractivity contribution >= 4 is 11.8 Å². The maximum Gasteiger partial charge on any atom is 0.234 e. The van der Waals surface area contributed by atoms with Crippen LogP contribution in [0.1, 0.15) is 57.4 Å². The lowest BCUT2D eigenvalue weighted by atomic mass is 9.90. The number of hydrogen-bond acceptors (Lipinski definition) is 3. The van der Waals surface area contributed by atoms with Gasteiger partial charge in [0.25, 0.3) is 0 Å². The van der Waals surface area contributed by atoms with Crippen molar-refractivity contribution in [3.8, 4) is 5.75 Å². The van der Waals surface area contributed by atoms with E-state index in [-0.39, 0.29) is 17.7 Å². The molecule has 120 valence electrons. The third-order valence-electron chi connectivity index (χ3n) is 3.97. The molecular weight excluding hydrogens is 278 g/mol. The highest BCUT2D eigenvalue weighted by molar-refractivity contribution is 6.00. The molecule has 0 saturated carbocycles. The number of nitrogens with one attached hydrogen (secondary N) is 1. The van der Waals surface area contributed by atoms with Crippen molar-refractivity contribution in [3.05, 3.63) is 29.8 Å². The molecule has 1 fully saturated rings. The fraction of sp³-hybridized carbons (Fsp3) is 0.556. The minimum absolute atomic E-state index is 0.178. The predicted octanol–water partition coefficient (Wildman–Crippen LogP) is 3.41. The Morgan fingerprint density at radius 1 is 1.18 bits per heavy atom. The Balaban J connectivity index is 1.80. The van der Waals surface area contributed by atoms with Crippen LogP contribution in [0.3, 0.4) is 0 Å². The van der Waals surface area contributed by atoms with Gasteiger partial charge in [-0.1, -0.05) is 32.4 Å². The van der Waals surface area contributed by atoms with E-state index in [2.05, 4.69) is 19.2 Å². The van der Waals surface area contributed by atoms with E-state index in [4.69, 9.17) is 4.74 Å². The Morgan fingerprint density at radius 3 is 2.55 bits per heavy atom. The molecule has 1 heterocycles. The zero-order valence-electron chi connectivity index (χ0n) is 13.4. The van der Waals surface area contributed by atoms with Crippen LogP contribution in [0.5, 0.6) is 5.75 Å². The monoisotopic (exact) mass is 303 g/mol. The molecular formula is C18H25NO3. The first-order valence-electron chi connectivity index (χ1n) is 8.12. The number of rotatable bonds is 7. The number of hydrogen-bond donors (Lipinski definition) is 1. The molecule has 1 aromatic rings. The summed E-state index contributed by atoms with van der Waals surface area (Å²) in [5, 5.41) is 2.39. The van der Waals surface area contributed by atoms with E-state index in [9.17, 15) is 9.59 Å². The lowest BCUT2D eigenvalue weighted by molar-refractivity contribution is -0.134. The molecule has 0 aliphatic carbocycles. The average molecular weight is 303 g/mol. The van der Waals surface area contributed by atoms with Crippen molar-refractivity contribution < 1.29 is 14.3 Å². The molecule has 1 N–H and O–H groups in total. The molecule has 2 rings (SSSR count). The van der Waals surface area contributed by atoms with Crippen LogP contribution in [0.15, 0.2) is 24.3 Å². The lowest BCUT2D eigenvalue weighted by Crippen LogP contribution is -2.39. The van der Waals surface area contributed by atoms with E-state index >= 15 is 0 Å². The molecule has 1 aliphatic rings. The first kappa shape index (κ1) is 16.5. The van der Waals surface area contributed by atoms with Crippen molar-refractivity contribution in [2.24, 2.45) is 5.92 Å². The van der Waals surface area contributed by atoms with E-state index in [1.54, 1.807) is 0 Å². The number of ether oxygens (including phenoxy) is 1. The number of carbonyl (C=O) groups is 2. The van der Waals surface area contributed by atoms with Crippen LogP contribution < -0.4 is 10.1 Å². The second-order valence-electron chi connectivity index (χ2n) is 6.31. The highest BCUT2D eigenvalue weighted by Crippen LogP contribution is 2.26. The van der Waals surface area contributed by atoms with Crippen LogP contribution in [0.2, 0.25) is 0 Å². The minimum atomic E-state index is -0.224. The number of benzene rings is 1. The summed E-state index contributed by atoms with van der Waals surface area (Å²) >= 11 is 0. The molecule has 1 unspecified atom stereocenters. The van der Waals surface area contributed by atoms with Gasteiger partial charge in [-0.25, -0.2) is 0 Å². The smallest absolute Gasteiger partial charge is 0.234 e. The van der Waals surface area contributed by atoms with Gasteiger partial charge in [0.2, 0.25) is 11.8 Å². The summed E-state index contributed by atoms with van der Waals surface area (Å²) in [6.07, 6.45) is 4.47. The summed E-state index contributed by atoms with van der Waals surface area (Å²) in [6, 6.07) is 7.65. The summed E-state index contributed by atoms with van der Waals surface area (Å²) in [6.45, 7) is 5.19. The molecule has 0 spiro atoms. The summed E-state index contributed by atoms with van der Waals surface area (Å²) < 4.78 is 5.72. The maximum absolute atomic E-state index is 11.8. The predicted molar refractivity (Wildman–Crippen MR) is 85.8 cm³/mol. The second kappa shape index (κ2) is 7.97. The Kier molecular flexibility index (Phi) is 5.99. The normalized spacial score (nSPS) is 18.4. The van der Waals surface area contributed by atoms with Crippen molar-refractivity contribution in [2.45, 2.75) is 51.9 Å². The summed E-state index contributed by atoms with van der Waals surface area (Å²) in [5.41, 5.74) is 0.942. The first-order valence-corrected chi connectivity index (χ1v) is 8.12. The topological polar surface area (TPSA) is 55.4 Å². The molecule has 4 nitrogen and oxygen atoms in total. The van der Waals surface area contributed by atoms with E-state index in [0.717, 1.165) is 30.3 Å². The molecule has 2 amide bonds. The zero-order valence-corrected chi connectivity index (χ0v) is 13.4. The molecule has 22 heavy (non-hydrogen) atoms. The van der Waals surface area contributed by atoms with Gasteiger partial charge in [-0.3, -0.25) is 14.9 Å². The van der Waals surface area contributed by atoms with Gasteiger partial charge in [0.15, 0.2) is 0 Å². The van der Waals surface area contributed by atoms with E-state index in [0.29, 0.717) is 12.8 Å². The molecule has 1 atom stereocenters. The van der Waals surface area contributed by atoms with Crippen molar-refractivity contribution in [1.82, 2.24) is 5.32 Å². The lowest BCUT2D eigenvalue weighted by Gasteiger charge is -2.21. The largest absolute Gasteiger partial charge is 0.494 e. The Bertz CT molecular complexity index is 508. The minimum Gasteiger partial charge on any atom is -0.494 e. The summed E-state index contributed by atoms with van der Waals surface area (Å²) in [7, 11) is 0. The van der Waals surface area contributed by atoms with Gasteiger partial charge in [-0.05, 0) is 42.9 Å². The van der Waals surface area contributed by atoms with Crippen LogP contribution in [0.25, 0.3) is 0 Å².